The number of amides is 1. The van der Waals surface area contributed by atoms with E-state index in [1.807, 2.05) is 36.9 Å². The van der Waals surface area contributed by atoms with Gasteiger partial charge >= 0.3 is 0 Å². The first-order chi connectivity index (χ1) is 14.0. The number of carbonyl (C=O) groups is 1. The molecule has 1 aliphatic heterocycles. The van der Waals surface area contributed by atoms with Crippen molar-refractivity contribution in [2.45, 2.75) is 24.0 Å². The highest BCUT2D eigenvalue weighted by molar-refractivity contribution is 8.00. The Bertz CT molecular complexity index is 851. The van der Waals surface area contributed by atoms with Gasteiger partial charge in [-0.1, -0.05) is 12.1 Å². The molecule has 2 aromatic carbocycles. The van der Waals surface area contributed by atoms with Crippen molar-refractivity contribution in [2.24, 2.45) is 0 Å². The molecule has 0 bridgehead atoms. The summed E-state index contributed by atoms with van der Waals surface area (Å²) in [6, 6.07) is 14.3. The van der Waals surface area contributed by atoms with Crippen LogP contribution in [0.15, 0.2) is 53.4 Å². The number of rotatable bonds is 7. The predicted octanol–water partition coefficient (Wildman–Crippen LogP) is 3.82. The molecule has 1 unspecified atom stereocenters. The quantitative estimate of drug-likeness (QED) is 0.389. The van der Waals surface area contributed by atoms with E-state index in [2.05, 4.69) is 11.0 Å². The summed E-state index contributed by atoms with van der Waals surface area (Å²) in [5, 5.41) is 10.5. The van der Waals surface area contributed by atoms with E-state index in [9.17, 15) is 14.9 Å². The molecule has 1 saturated heterocycles. The maximum absolute atomic E-state index is 12.8. The molecule has 1 fully saturated rings. The van der Waals surface area contributed by atoms with Crippen LogP contribution < -0.4 is 9.64 Å². The summed E-state index contributed by atoms with van der Waals surface area (Å²) in [7, 11) is 0. The third-order valence-corrected chi connectivity index (χ3v) is 5.90. The third kappa shape index (κ3) is 5.20. The maximum atomic E-state index is 12.8. The summed E-state index contributed by atoms with van der Waals surface area (Å²) in [4.78, 5) is 28.2. The number of thioether (sulfide) groups is 1. The van der Waals surface area contributed by atoms with Gasteiger partial charge in [-0.2, -0.15) is 0 Å². The van der Waals surface area contributed by atoms with Crippen LogP contribution in [-0.4, -0.2) is 53.8 Å². The summed E-state index contributed by atoms with van der Waals surface area (Å²) in [5.41, 5.74) is 1.12. The van der Waals surface area contributed by atoms with Crippen LogP contribution in [0.2, 0.25) is 0 Å². The largest absolute Gasteiger partial charge is 0.492 e. The summed E-state index contributed by atoms with van der Waals surface area (Å²) in [6.45, 7) is 7.29. The van der Waals surface area contributed by atoms with Gasteiger partial charge in [0.1, 0.15) is 5.75 Å². The van der Waals surface area contributed by atoms with E-state index in [0.29, 0.717) is 19.7 Å². The van der Waals surface area contributed by atoms with Crippen LogP contribution >= 0.6 is 11.8 Å². The van der Waals surface area contributed by atoms with Gasteiger partial charge < -0.3 is 14.5 Å². The second-order valence-electron chi connectivity index (χ2n) is 6.72. The number of benzene rings is 2. The van der Waals surface area contributed by atoms with Crippen molar-refractivity contribution in [2.75, 3.05) is 37.7 Å². The lowest BCUT2D eigenvalue weighted by Gasteiger charge is -2.37. The zero-order valence-electron chi connectivity index (χ0n) is 16.6. The highest BCUT2D eigenvalue weighted by Gasteiger charge is 2.26. The summed E-state index contributed by atoms with van der Waals surface area (Å²) < 4.78 is 5.72. The predicted molar refractivity (Wildman–Crippen MR) is 115 cm³/mol. The molecule has 1 aliphatic rings. The second-order valence-corrected chi connectivity index (χ2v) is 8.14. The molecule has 8 heteroatoms. The first-order valence-electron chi connectivity index (χ1n) is 9.66. The van der Waals surface area contributed by atoms with Crippen LogP contribution in [0.4, 0.5) is 11.4 Å². The lowest BCUT2D eigenvalue weighted by molar-refractivity contribution is -0.384. The lowest BCUT2D eigenvalue weighted by Crippen LogP contribution is -2.50. The fraction of sp³-hybridized carbons (Fsp3) is 0.381. The monoisotopic (exact) mass is 415 g/mol. The first-order valence-corrected chi connectivity index (χ1v) is 10.5. The van der Waals surface area contributed by atoms with Crippen LogP contribution in [0.25, 0.3) is 0 Å². The zero-order valence-corrected chi connectivity index (χ0v) is 17.4. The third-order valence-electron chi connectivity index (χ3n) is 4.81. The number of hydrogen-bond donors (Lipinski definition) is 0. The average molecular weight is 416 g/mol. The molecule has 2 aromatic rings. The standard InChI is InChI=1S/C21H25N3O4S/c1-3-28-20-7-5-4-6-19(20)22-12-14-23(15-13-22)21(25)16(2)29-18-10-8-17(9-11-18)24(26)27/h4-11,16H,3,12-15H2,1-2H3. The number of carbonyl (C=O) groups excluding carboxylic acids is 1. The Morgan fingerprint density at radius 2 is 1.79 bits per heavy atom. The fourth-order valence-electron chi connectivity index (χ4n) is 3.32. The summed E-state index contributed by atoms with van der Waals surface area (Å²) >= 11 is 1.42. The van der Waals surface area contributed by atoms with Gasteiger partial charge in [-0.05, 0) is 38.1 Å². The molecule has 1 heterocycles. The molecule has 0 spiro atoms. The Morgan fingerprint density at radius 3 is 2.41 bits per heavy atom. The smallest absolute Gasteiger partial charge is 0.269 e. The minimum atomic E-state index is -0.424. The molecule has 0 saturated carbocycles. The van der Waals surface area contributed by atoms with Gasteiger partial charge in [-0.25, -0.2) is 0 Å². The van der Waals surface area contributed by atoms with Crippen molar-refractivity contribution in [1.82, 2.24) is 4.90 Å². The Hall–Kier alpha value is -2.74. The number of anilines is 1. The van der Waals surface area contributed by atoms with Crippen molar-refractivity contribution in [1.29, 1.82) is 0 Å². The number of nitro benzene ring substituents is 1. The molecule has 7 nitrogen and oxygen atoms in total. The maximum Gasteiger partial charge on any atom is 0.269 e. The van der Waals surface area contributed by atoms with Crippen molar-refractivity contribution in [3.63, 3.8) is 0 Å². The Balaban J connectivity index is 1.56. The van der Waals surface area contributed by atoms with E-state index in [0.717, 1.165) is 29.4 Å². The SMILES string of the molecule is CCOc1ccccc1N1CCN(C(=O)C(C)Sc2ccc([N+](=O)[O-])cc2)CC1. The topological polar surface area (TPSA) is 75.9 Å². The molecule has 0 N–H and O–H groups in total. The number of ether oxygens (including phenoxy) is 1. The number of piperazine rings is 1. The molecule has 0 aromatic heterocycles. The highest BCUT2D eigenvalue weighted by Crippen LogP contribution is 2.30. The number of hydrogen-bond acceptors (Lipinski definition) is 6. The summed E-state index contributed by atoms with van der Waals surface area (Å²) in [6.07, 6.45) is 0. The van der Waals surface area contributed by atoms with E-state index >= 15 is 0 Å². The minimum Gasteiger partial charge on any atom is -0.492 e. The summed E-state index contributed by atoms with van der Waals surface area (Å²) in [5.74, 6) is 0.961. The number of non-ortho nitro benzene ring substituents is 1. The van der Waals surface area contributed by atoms with E-state index in [1.165, 1.54) is 23.9 Å². The van der Waals surface area contributed by atoms with Gasteiger partial charge in [-0.15, -0.1) is 11.8 Å². The van der Waals surface area contributed by atoms with Gasteiger partial charge in [0.25, 0.3) is 5.69 Å². The van der Waals surface area contributed by atoms with Gasteiger partial charge in [0.05, 0.1) is 22.5 Å². The molecule has 1 atom stereocenters. The number of nitro groups is 1. The van der Waals surface area contributed by atoms with Crippen LogP contribution in [0.1, 0.15) is 13.8 Å². The van der Waals surface area contributed by atoms with Crippen LogP contribution in [0.3, 0.4) is 0 Å². The van der Waals surface area contributed by atoms with Crippen molar-refractivity contribution >= 4 is 29.0 Å². The van der Waals surface area contributed by atoms with Crippen molar-refractivity contribution < 1.29 is 14.5 Å². The van der Waals surface area contributed by atoms with E-state index < -0.39 is 4.92 Å². The van der Waals surface area contributed by atoms with E-state index in [4.69, 9.17) is 4.74 Å². The van der Waals surface area contributed by atoms with E-state index in [1.54, 1.807) is 12.1 Å². The lowest BCUT2D eigenvalue weighted by atomic mass is 10.2. The Morgan fingerprint density at radius 1 is 1.14 bits per heavy atom. The fourth-order valence-corrected chi connectivity index (χ4v) is 4.27. The van der Waals surface area contributed by atoms with E-state index in [-0.39, 0.29) is 16.8 Å². The molecule has 1 amide bonds. The van der Waals surface area contributed by atoms with Gasteiger partial charge in [-0.3, -0.25) is 14.9 Å². The Kier molecular flexibility index (Phi) is 6.98. The van der Waals surface area contributed by atoms with Crippen LogP contribution in [-0.2, 0) is 4.79 Å². The highest BCUT2D eigenvalue weighted by atomic mass is 32.2. The first kappa shape index (κ1) is 21.0. The second kappa shape index (κ2) is 9.65. The Labute approximate surface area is 174 Å². The molecule has 29 heavy (non-hydrogen) atoms. The number of para-hydroxylation sites is 2. The molecule has 0 aliphatic carbocycles. The molecular formula is C21H25N3O4S. The molecule has 154 valence electrons. The normalized spacial score (nSPS) is 15.1. The molecule has 3 rings (SSSR count). The molecular weight excluding hydrogens is 390 g/mol. The van der Waals surface area contributed by atoms with Gasteiger partial charge in [0.2, 0.25) is 5.91 Å². The van der Waals surface area contributed by atoms with Gasteiger partial charge in [0, 0.05) is 43.2 Å². The van der Waals surface area contributed by atoms with Crippen molar-refractivity contribution in [3.8, 4) is 5.75 Å². The average Bonchev–Trinajstić information content (AvgIpc) is 2.74. The molecule has 0 radical (unpaired) electrons. The minimum absolute atomic E-state index is 0.0526. The van der Waals surface area contributed by atoms with Crippen LogP contribution in [0, 0.1) is 10.1 Å². The van der Waals surface area contributed by atoms with Gasteiger partial charge in [0.15, 0.2) is 0 Å². The zero-order chi connectivity index (χ0) is 20.8. The van der Waals surface area contributed by atoms with Crippen molar-refractivity contribution in [3.05, 3.63) is 58.6 Å². The van der Waals surface area contributed by atoms with Crippen LogP contribution in [0.5, 0.6) is 5.75 Å². The number of nitrogens with zero attached hydrogens (tertiary/aromatic N) is 3.